The first-order valence-corrected chi connectivity index (χ1v) is 10.3. The average Bonchev–Trinajstić information content (AvgIpc) is 2.79. The molecule has 30 heavy (non-hydrogen) atoms. The molecule has 0 heterocycles. The zero-order valence-electron chi connectivity index (χ0n) is 17.5. The van der Waals surface area contributed by atoms with Crippen LogP contribution >= 0.6 is 0 Å². The Kier molecular flexibility index (Phi) is 7.86. The van der Waals surface area contributed by atoms with E-state index in [9.17, 15) is 4.79 Å². The average molecular weight is 406 g/mol. The fourth-order valence-electron chi connectivity index (χ4n) is 3.43. The number of para-hydroxylation sites is 3. The number of hydrogen-bond donors (Lipinski definition) is 2. The number of nitrogens with one attached hydrogen (secondary N) is 1. The van der Waals surface area contributed by atoms with Crippen molar-refractivity contribution in [2.75, 3.05) is 25.6 Å². The van der Waals surface area contributed by atoms with Crippen LogP contribution in [0, 0.1) is 0 Å². The highest BCUT2D eigenvalue weighted by atomic mass is 16.5. The van der Waals surface area contributed by atoms with Gasteiger partial charge in [0.2, 0.25) is 0 Å². The first kappa shape index (κ1) is 21.4. The van der Waals surface area contributed by atoms with Crippen molar-refractivity contribution in [3.8, 4) is 11.5 Å². The van der Waals surface area contributed by atoms with Gasteiger partial charge in [-0.1, -0.05) is 60.7 Å². The topological polar surface area (TPSA) is 64.2 Å². The minimum atomic E-state index is -0.365. The number of benzene rings is 3. The highest BCUT2D eigenvalue weighted by molar-refractivity contribution is 5.95. The second-order valence-corrected chi connectivity index (χ2v) is 6.89. The van der Waals surface area contributed by atoms with Gasteiger partial charge in [0.25, 0.3) is 5.91 Å². The molecule has 3 rings (SSSR count). The van der Waals surface area contributed by atoms with E-state index in [4.69, 9.17) is 9.47 Å². The molecule has 3 aromatic rings. The van der Waals surface area contributed by atoms with Gasteiger partial charge in [-0.15, -0.1) is 0 Å². The van der Waals surface area contributed by atoms with E-state index in [1.807, 2.05) is 79.7 Å². The van der Waals surface area contributed by atoms with Gasteiger partial charge in [0.05, 0.1) is 25.9 Å². The summed E-state index contributed by atoms with van der Waals surface area (Å²) >= 11 is 0. The van der Waals surface area contributed by atoms with Crippen molar-refractivity contribution < 1.29 is 19.6 Å². The maximum Gasteiger partial charge on any atom is 0.287 e. The highest BCUT2D eigenvalue weighted by Crippen LogP contribution is 2.25. The van der Waals surface area contributed by atoms with Crippen LogP contribution in [0.25, 0.3) is 0 Å². The molecule has 5 heteroatoms. The van der Waals surface area contributed by atoms with Crippen LogP contribution in [0.5, 0.6) is 11.5 Å². The lowest BCUT2D eigenvalue weighted by Gasteiger charge is -2.18. The van der Waals surface area contributed by atoms with Crippen LogP contribution in [0.2, 0.25) is 0 Å². The Labute approximate surface area is 178 Å². The van der Waals surface area contributed by atoms with Gasteiger partial charge in [0, 0.05) is 12.0 Å². The van der Waals surface area contributed by atoms with E-state index in [1.54, 1.807) is 7.11 Å². The lowest BCUT2D eigenvalue weighted by molar-refractivity contribution is -0.682. The van der Waals surface area contributed by atoms with Gasteiger partial charge in [-0.2, -0.15) is 0 Å². The van der Waals surface area contributed by atoms with Crippen molar-refractivity contribution in [2.45, 2.75) is 19.4 Å². The van der Waals surface area contributed by atoms with Crippen LogP contribution in [0.1, 0.15) is 24.1 Å². The summed E-state index contributed by atoms with van der Waals surface area (Å²) < 4.78 is 11.1. The van der Waals surface area contributed by atoms with E-state index in [1.165, 1.54) is 0 Å². The van der Waals surface area contributed by atoms with E-state index in [2.05, 4.69) is 16.7 Å². The number of methoxy groups -OCH3 is 1. The Balaban J connectivity index is 1.74. The van der Waals surface area contributed by atoms with Crippen LogP contribution in [0.15, 0.2) is 78.9 Å². The number of nitrogens with two attached hydrogens (primary N) is 1. The van der Waals surface area contributed by atoms with E-state index in [-0.39, 0.29) is 11.9 Å². The van der Waals surface area contributed by atoms with Gasteiger partial charge in [-0.25, -0.2) is 0 Å². The summed E-state index contributed by atoms with van der Waals surface area (Å²) in [6.07, 6.45) is 0.802. The molecule has 0 fully saturated rings. The molecule has 5 nitrogen and oxygen atoms in total. The number of carbonyl (C=O) groups is 1. The molecule has 156 valence electrons. The lowest BCUT2D eigenvalue weighted by atomic mass is 10.0. The Bertz CT molecular complexity index is 944. The maximum absolute atomic E-state index is 13.2. The number of amides is 1. The molecule has 0 aromatic heterocycles. The number of quaternary nitrogens is 1. The summed E-state index contributed by atoms with van der Waals surface area (Å²) in [5.41, 5.74) is 2.78. The monoisotopic (exact) mass is 405 g/mol. The Hall–Kier alpha value is -3.31. The fraction of sp³-hybridized carbons (Fsp3) is 0.240. The Morgan fingerprint density at radius 3 is 2.33 bits per heavy atom. The van der Waals surface area contributed by atoms with Crippen LogP contribution in [-0.2, 0) is 11.2 Å². The third-order valence-corrected chi connectivity index (χ3v) is 4.89. The molecule has 1 atom stereocenters. The second kappa shape index (κ2) is 11.0. The van der Waals surface area contributed by atoms with Gasteiger partial charge in [0.15, 0.2) is 6.04 Å². The minimum Gasteiger partial charge on any atom is -0.496 e. The molecule has 0 spiro atoms. The summed E-state index contributed by atoms with van der Waals surface area (Å²) in [4.78, 5) is 13.2. The summed E-state index contributed by atoms with van der Waals surface area (Å²) in [5, 5.41) is 5.12. The van der Waals surface area contributed by atoms with E-state index < -0.39 is 0 Å². The molecule has 0 unspecified atom stereocenters. The number of anilines is 1. The standard InChI is InChI=1S/C25H28N2O3/c1-3-30-23-16-10-8-14-21(23)27-25(28)24(20-12-5-4-6-13-20)26-18-17-19-11-7-9-15-22(19)29-2/h4-16,24,26H,3,17-18H2,1-2H3,(H,27,28)/p+1/t24-/m0/s1. The second-order valence-electron chi connectivity index (χ2n) is 6.89. The van der Waals surface area contributed by atoms with E-state index >= 15 is 0 Å². The molecular weight excluding hydrogens is 376 g/mol. The minimum absolute atomic E-state index is 0.0756. The zero-order valence-corrected chi connectivity index (χ0v) is 17.5. The van der Waals surface area contributed by atoms with Gasteiger partial charge >= 0.3 is 0 Å². The molecule has 0 saturated carbocycles. The Morgan fingerprint density at radius 1 is 0.933 bits per heavy atom. The van der Waals surface area contributed by atoms with Crippen molar-refractivity contribution in [1.29, 1.82) is 0 Å². The normalized spacial score (nSPS) is 11.5. The van der Waals surface area contributed by atoms with Gasteiger partial charge < -0.3 is 20.1 Å². The molecule has 1 amide bonds. The third-order valence-electron chi connectivity index (χ3n) is 4.89. The fourth-order valence-corrected chi connectivity index (χ4v) is 3.43. The van der Waals surface area contributed by atoms with E-state index in [0.717, 1.165) is 29.8 Å². The summed E-state index contributed by atoms with van der Waals surface area (Å²) in [7, 11) is 1.68. The summed E-state index contributed by atoms with van der Waals surface area (Å²) in [5.74, 6) is 1.47. The molecule has 0 aliphatic carbocycles. The lowest BCUT2D eigenvalue weighted by Crippen LogP contribution is -2.87. The zero-order chi connectivity index (χ0) is 21.2. The van der Waals surface area contributed by atoms with Gasteiger partial charge in [0.1, 0.15) is 11.5 Å². The molecule has 0 saturated heterocycles. The molecule has 0 bridgehead atoms. The Morgan fingerprint density at radius 2 is 1.60 bits per heavy atom. The largest absolute Gasteiger partial charge is 0.496 e. The molecule has 3 aromatic carbocycles. The van der Waals surface area contributed by atoms with Crippen molar-refractivity contribution in [3.05, 3.63) is 90.0 Å². The quantitative estimate of drug-likeness (QED) is 0.542. The van der Waals surface area contributed by atoms with Gasteiger partial charge in [-0.3, -0.25) is 4.79 Å². The highest BCUT2D eigenvalue weighted by Gasteiger charge is 2.25. The number of ether oxygens (including phenoxy) is 2. The smallest absolute Gasteiger partial charge is 0.287 e. The molecule has 0 radical (unpaired) electrons. The SMILES string of the molecule is CCOc1ccccc1NC(=O)[C@@H]([NH2+]CCc1ccccc1OC)c1ccccc1. The van der Waals surface area contributed by atoms with Crippen molar-refractivity contribution in [1.82, 2.24) is 0 Å². The number of rotatable bonds is 10. The first-order chi connectivity index (χ1) is 14.7. The third kappa shape index (κ3) is 5.61. The van der Waals surface area contributed by atoms with Crippen LogP contribution in [-0.4, -0.2) is 26.2 Å². The summed E-state index contributed by atoms with van der Waals surface area (Å²) in [6, 6.07) is 25.0. The predicted octanol–water partition coefficient (Wildman–Crippen LogP) is 3.58. The van der Waals surface area contributed by atoms with Crippen LogP contribution < -0.4 is 20.1 Å². The maximum atomic E-state index is 13.2. The van der Waals surface area contributed by atoms with Crippen molar-refractivity contribution >= 4 is 11.6 Å². The van der Waals surface area contributed by atoms with E-state index in [0.29, 0.717) is 18.0 Å². The molecule has 3 N–H and O–H groups in total. The number of carbonyl (C=O) groups excluding carboxylic acids is 1. The number of hydrogen-bond acceptors (Lipinski definition) is 3. The molecule has 0 aliphatic heterocycles. The van der Waals surface area contributed by atoms with Crippen molar-refractivity contribution in [3.63, 3.8) is 0 Å². The summed E-state index contributed by atoms with van der Waals surface area (Å²) in [6.45, 7) is 3.22. The van der Waals surface area contributed by atoms with Crippen molar-refractivity contribution in [2.24, 2.45) is 0 Å². The molecule has 0 aliphatic rings. The molecular formula is C25H29N2O3+. The predicted molar refractivity (Wildman–Crippen MR) is 119 cm³/mol. The first-order valence-electron chi connectivity index (χ1n) is 10.3. The van der Waals surface area contributed by atoms with Crippen LogP contribution in [0.4, 0.5) is 5.69 Å². The van der Waals surface area contributed by atoms with Crippen LogP contribution in [0.3, 0.4) is 0 Å². The van der Waals surface area contributed by atoms with Gasteiger partial charge in [-0.05, 0) is 30.7 Å².